The van der Waals surface area contributed by atoms with E-state index in [1.54, 1.807) is 24.0 Å². The fraction of sp³-hybridized carbons (Fsp3) is 0.400. The smallest absolute Gasteiger partial charge is 0.249 e. The molecule has 1 aromatic rings. The molecule has 2 rings (SSSR count). The van der Waals surface area contributed by atoms with Crippen LogP contribution in [-0.2, 0) is 4.79 Å². The number of aliphatic hydroxyl groups is 1. The summed E-state index contributed by atoms with van der Waals surface area (Å²) in [6, 6.07) is 7.40. The lowest BCUT2D eigenvalue weighted by Gasteiger charge is -2.23. The lowest BCUT2D eigenvalue weighted by atomic mass is 10.1. The van der Waals surface area contributed by atoms with Gasteiger partial charge < -0.3 is 10.0 Å². The minimum Gasteiger partial charge on any atom is -0.394 e. The Morgan fingerprint density at radius 3 is 2.95 bits per heavy atom. The largest absolute Gasteiger partial charge is 0.394 e. The number of amides is 1. The molecule has 1 atom stereocenters. The monoisotopic (exact) mass is 279 g/mol. The average molecular weight is 280 g/mol. The molecule has 0 aliphatic carbocycles. The first-order valence-electron chi connectivity index (χ1n) is 6.48. The van der Waals surface area contributed by atoms with Gasteiger partial charge >= 0.3 is 0 Å². The standard InChI is InChI=1S/C15H18ClNO2/c1-11(9-12-5-2-3-7-14(12)16)15(19)17-8-4-6-13(17)10-18/h2-3,5,7,9,13,18H,4,6,8,10H2,1H3/b11-9-/t13-/m1/s1. The summed E-state index contributed by atoms with van der Waals surface area (Å²) in [6.07, 6.45) is 3.63. The van der Waals surface area contributed by atoms with Crippen LogP contribution in [0, 0.1) is 0 Å². The first-order chi connectivity index (χ1) is 9.13. The van der Waals surface area contributed by atoms with E-state index in [-0.39, 0.29) is 18.6 Å². The maximum Gasteiger partial charge on any atom is 0.249 e. The lowest BCUT2D eigenvalue weighted by molar-refractivity contribution is -0.128. The van der Waals surface area contributed by atoms with Crippen molar-refractivity contribution in [3.63, 3.8) is 0 Å². The quantitative estimate of drug-likeness (QED) is 0.865. The lowest BCUT2D eigenvalue weighted by Crippen LogP contribution is -2.38. The molecule has 1 fully saturated rings. The minimum absolute atomic E-state index is 0.0172. The van der Waals surface area contributed by atoms with Gasteiger partial charge in [-0.25, -0.2) is 0 Å². The van der Waals surface area contributed by atoms with Crippen LogP contribution >= 0.6 is 11.6 Å². The Balaban J connectivity index is 2.17. The van der Waals surface area contributed by atoms with Crippen LogP contribution in [0.2, 0.25) is 5.02 Å². The van der Waals surface area contributed by atoms with E-state index >= 15 is 0 Å². The van der Waals surface area contributed by atoms with E-state index in [0.717, 1.165) is 24.9 Å². The molecule has 1 heterocycles. The molecule has 0 radical (unpaired) electrons. The maximum absolute atomic E-state index is 12.3. The Morgan fingerprint density at radius 1 is 1.53 bits per heavy atom. The summed E-state index contributed by atoms with van der Waals surface area (Å²) in [7, 11) is 0. The number of benzene rings is 1. The molecule has 1 saturated heterocycles. The van der Waals surface area contributed by atoms with Crippen LogP contribution in [0.5, 0.6) is 0 Å². The number of hydrogen-bond donors (Lipinski definition) is 1. The number of carbonyl (C=O) groups excluding carboxylic acids is 1. The van der Waals surface area contributed by atoms with Gasteiger partial charge in [-0.1, -0.05) is 29.8 Å². The van der Waals surface area contributed by atoms with Crippen molar-refractivity contribution in [1.29, 1.82) is 0 Å². The van der Waals surface area contributed by atoms with E-state index in [2.05, 4.69) is 0 Å². The molecule has 0 spiro atoms. The first kappa shape index (κ1) is 14.1. The number of halogens is 1. The zero-order valence-corrected chi connectivity index (χ0v) is 11.7. The van der Waals surface area contributed by atoms with Crippen LogP contribution < -0.4 is 0 Å². The van der Waals surface area contributed by atoms with Gasteiger partial charge in [-0.3, -0.25) is 4.79 Å². The van der Waals surface area contributed by atoms with Crippen LogP contribution in [0.1, 0.15) is 25.3 Å². The number of aliphatic hydroxyl groups excluding tert-OH is 1. The van der Waals surface area contributed by atoms with Crippen molar-refractivity contribution < 1.29 is 9.90 Å². The highest BCUT2D eigenvalue weighted by Crippen LogP contribution is 2.22. The summed E-state index contributed by atoms with van der Waals surface area (Å²) in [5.41, 5.74) is 1.49. The van der Waals surface area contributed by atoms with Crippen LogP contribution in [-0.4, -0.2) is 35.1 Å². The summed E-state index contributed by atoms with van der Waals surface area (Å²) in [5.74, 6) is -0.0172. The van der Waals surface area contributed by atoms with E-state index < -0.39 is 0 Å². The highest BCUT2D eigenvalue weighted by molar-refractivity contribution is 6.32. The third-order valence-corrected chi connectivity index (χ3v) is 3.81. The third-order valence-electron chi connectivity index (χ3n) is 3.46. The molecular formula is C15H18ClNO2. The van der Waals surface area contributed by atoms with Gasteiger partial charge in [0, 0.05) is 17.1 Å². The summed E-state index contributed by atoms with van der Waals surface area (Å²) in [4.78, 5) is 14.1. The van der Waals surface area contributed by atoms with Crippen LogP contribution in [0.3, 0.4) is 0 Å². The zero-order valence-electron chi connectivity index (χ0n) is 11.0. The van der Waals surface area contributed by atoms with Gasteiger partial charge in [0.2, 0.25) is 5.91 Å². The second-order valence-corrected chi connectivity index (χ2v) is 5.23. The van der Waals surface area contributed by atoms with E-state index in [1.807, 2.05) is 18.2 Å². The van der Waals surface area contributed by atoms with Crippen molar-refractivity contribution in [3.05, 3.63) is 40.4 Å². The van der Waals surface area contributed by atoms with E-state index in [4.69, 9.17) is 11.6 Å². The second kappa shape index (κ2) is 6.22. The predicted molar refractivity (Wildman–Crippen MR) is 76.9 cm³/mol. The molecule has 102 valence electrons. The topological polar surface area (TPSA) is 40.5 Å². The SMILES string of the molecule is C/C(=C/c1ccccc1Cl)C(=O)N1CCC[C@@H]1CO. The van der Waals surface area contributed by atoms with Crippen molar-refractivity contribution in [3.8, 4) is 0 Å². The molecule has 4 heteroatoms. The van der Waals surface area contributed by atoms with E-state index in [0.29, 0.717) is 10.6 Å². The molecule has 0 saturated carbocycles. The predicted octanol–water partition coefficient (Wildman–Crippen LogP) is 2.73. The molecule has 1 amide bonds. The van der Waals surface area contributed by atoms with Gasteiger partial charge in [-0.2, -0.15) is 0 Å². The fourth-order valence-corrected chi connectivity index (χ4v) is 2.60. The van der Waals surface area contributed by atoms with Crippen molar-refractivity contribution in [1.82, 2.24) is 4.90 Å². The van der Waals surface area contributed by atoms with Gasteiger partial charge in [0.05, 0.1) is 12.6 Å². The van der Waals surface area contributed by atoms with Crippen LogP contribution in [0.15, 0.2) is 29.8 Å². The highest BCUT2D eigenvalue weighted by Gasteiger charge is 2.28. The van der Waals surface area contributed by atoms with E-state index in [9.17, 15) is 9.90 Å². The number of nitrogens with zero attached hydrogens (tertiary/aromatic N) is 1. The molecule has 1 aliphatic rings. The molecule has 1 aliphatic heterocycles. The third kappa shape index (κ3) is 3.17. The molecule has 0 unspecified atom stereocenters. The van der Waals surface area contributed by atoms with Gasteiger partial charge in [0.25, 0.3) is 0 Å². The van der Waals surface area contributed by atoms with Gasteiger partial charge in [-0.05, 0) is 37.5 Å². The van der Waals surface area contributed by atoms with Crippen LogP contribution in [0.25, 0.3) is 6.08 Å². The van der Waals surface area contributed by atoms with Gasteiger partial charge in [0.15, 0.2) is 0 Å². The summed E-state index contributed by atoms with van der Waals surface area (Å²) in [6.45, 7) is 2.54. The van der Waals surface area contributed by atoms with Gasteiger partial charge in [0.1, 0.15) is 0 Å². The Bertz CT molecular complexity index is 499. The highest BCUT2D eigenvalue weighted by atomic mass is 35.5. The van der Waals surface area contributed by atoms with Crippen molar-refractivity contribution in [2.24, 2.45) is 0 Å². The van der Waals surface area contributed by atoms with Crippen molar-refractivity contribution in [2.75, 3.05) is 13.2 Å². The number of likely N-dealkylation sites (tertiary alicyclic amines) is 1. The molecule has 19 heavy (non-hydrogen) atoms. The normalized spacial score (nSPS) is 19.8. The van der Waals surface area contributed by atoms with Crippen molar-refractivity contribution in [2.45, 2.75) is 25.8 Å². The average Bonchev–Trinajstić information content (AvgIpc) is 2.88. The minimum atomic E-state index is -0.0397. The summed E-state index contributed by atoms with van der Waals surface area (Å²) < 4.78 is 0. The molecule has 3 nitrogen and oxygen atoms in total. The number of carbonyl (C=O) groups is 1. The zero-order chi connectivity index (χ0) is 13.8. The molecular weight excluding hydrogens is 262 g/mol. The molecule has 1 N–H and O–H groups in total. The van der Waals surface area contributed by atoms with E-state index in [1.165, 1.54) is 0 Å². The van der Waals surface area contributed by atoms with Crippen molar-refractivity contribution >= 4 is 23.6 Å². The van der Waals surface area contributed by atoms with Gasteiger partial charge in [-0.15, -0.1) is 0 Å². The Kier molecular flexibility index (Phi) is 4.61. The maximum atomic E-state index is 12.3. The van der Waals surface area contributed by atoms with Crippen LogP contribution in [0.4, 0.5) is 0 Å². The Morgan fingerprint density at radius 2 is 2.26 bits per heavy atom. The summed E-state index contributed by atoms with van der Waals surface area (Å²) >= 11 is 6.08. The fourth-order valence-electron chi connectivity index (χ4n) is 2.41. The molecule has 1 aromatic carbocycles. The molecule has 0 aromatic heterocycles. The Hall–Kier alpha value is -1.32. The molecule has 0 bridgehead atoms. The number of hydrogen-bond acceptors (Lipinski definition) is 2. The Labute approximate surface area is 118 Å². The number of rotatable bonds is 3. The first-order valence-corrected chi connectivity index (χ1v) is 6.86. The summed E-state index contributed by atoms with van der Waals surface area (Å²) in [5, 5.41) is 9.90. The second-order valence-electron chi connectivity index (χ2n) is 4.83.